The Balaban J connectivity index is 1.56. The number of rotatable bonds is 5. The Morgan fingerprint density at radius 2 is 2.20 bits per heavy atom. The molecule has 0 spiro atoms. The quantitative estimate of drug-likeness (QED) is 0.830. The minimum absolute atomic E-state index is 0.577. The van der Waals surface area contributed by atoms with Gasteiger partial charge in [-0.2, -0.15) is 0 Å². The van der Waals surface area contributed by atoms with Crippen LogP contribution in [0.4, 0.5) is 0 Å². The summed E-state index contributed by atoms with van der Waals surface area (Å²) in [6.45, 7) is 0. The van der Waals surface area contributed by atoms with Gasteiger partial charge in [-0.1, -0.05) is 19.3 Å². The van der Waals surface area contributed by atoms with E-state index in [0.29, 0.717) is 11.7 Å². The van der Waals surface area contributed by atoms with Gasteiger partial charge in [-0.3, -0.25) is 4.21 Å². The lowest BCUT2D eigenvalue weighted by Gasteiger charge is -2.20. The van der Waals surface area contributed by atoms with Crippen molar-refractivity contribution >= 4 is 22.1 Å². The summed E-state index contributed by atoms with van der Waals surface area (Å²) in [6, 6.07) is 3.76. The molecule has 2 aromatic heterocycles. The number of nitrogens with zero attached hydrogens (tertiary/aromatic N) is 1. The van der Waals surface area contributed by atoms with Gasteiger partial charge in [-0.05, 0) is 30.9 Å². The van der Waals surface area contributed by atoms with Crippen molar-refractivity contribution in [3.8, 4) is 10.8 Å². The Bertz CT molecular complexity index is 556. The average molecular weight is 309 g/mol. The zero-order valence-electron chi connectivity index (χ0n) is 11.4. The van der Waals surface area contributed by atoms with Crippen LogP contribution in [0, 0.1) is 5.92 Å². The molecule has 0 radical (unpaired) electrons. The highest BCUT2D eigenvalue weighted by Crippen LogP contribution is 2.26. The molecule has 3 nitrogen and oxygen atoms in total. The van der Waals surface area contributed by atoms with E-state index < -0.39 is 10.8 Å². The van der Waals surface area contributed by atoms with Gasteiger partial charge >= 0.3 is 0 Å². The van der Waals surface area contributed by atoms with Crippen molar-refractivity contribution < 1.29 is 8.63 Å². The molecule has 0 amide bonds. The van der Waals surface area contributed by atoms with Gasteiger partial charge in [0.1, 0.15) is 0 Å². The average Bonchev–Trinajstić information content (AvgIpc) is 3.10. The van der Waals surface area contributed by atoms with E-state index >= 15 is 0 Å². The number of hydrogen-bond acceptors (Lipinski definition) is 4. The summed E-state index contributed by atoms with van der Waals surface area (Å²) in [7, 11) is -0.788. The molecule has 20 heavy (non-hydrogen) atoms. The molecule has 0 saturated heterocycles. The van der Waals surface area contributed by atoms with Gasteiger partial charge in [0.2, 0.25) is 0 Å². The molecular weight excluding hydrogens is 290 g/mol. The molecule has 3 rings (SSSR count). The van der Waals surface area contributed by atoms with Gasteiger partial charge in [0, 0.05) is 21.9 Å². The molecule has 0 aliphatic heterocycles. The van der Waals surface area contributed by atoms with Crippen LogP contribution in [0.5, 0.6) is 0 Å². The standard InChI is InChI=1S/C15H19NO2S2/c17-20(10-12-5-2-1-3-6-12)11-13-9-19-15(16-13)14-7-4-8-18-14/h4,7-9,12H,1-3,5-6,10-11H2/t20-/m1/s1. The van der Waals surface area contributed by atoms with Crippen LogP contribution in [-0.4, -0.2) is 14.9 Å². The zero-order chi connectivity index (χ0) is 13.8. The topological polar surface area (TPSA) is 43.1 Å². The molecule has 1 fully saturated rings. The molecule has 108 valence electrons. The highest BCUT2D eigenvalue weighted by Gasteiger charge is 2.17. The molecule has 1 aliphatic rings. The maximum absolute atomic E-state index is 12.2. The highest BCUT2D eigenvalue weighted by molar-refractivity contribution is 7.84. The van der Waals surface area contributed by atoms with Gasteiger partial charge in [-0.15, -0.1) is 11.3 Å². The summed E-state index contributed by atoms with van der Waals surface area (Å²) in [5.74, 6) is 2.87. The summed E-state index contributed by atoms with van der Waals surface area (Å²) < 4.78 is 17.6. The van der Waals surface area contributed by atoms with Gasteiger partial charge in [0.25, 0.3) is 0 Å². The van der Waals surface area contributed by atoms with Gasteiger partial charge in [-0.25, -0.2) is 4.98 Å². The van der Waals surface area contributed by atoms with Crippen molar-refractivity contribution in [2.24, 2.45) is 5.92 Å². The first-order chi connectivity index (χ1) is 9.81. The number of furan rings is 1. The third-order valence-electron chi connectivity index (χ3n) is 3.74. The number of aromatic nitrogens is 1. The zero-order valence-corrected chi connectivity index (χ0v) is 13.0. The molecule has 1 atom stereocenters. The molecule has 2 heterocycles. The normalized spacial score (nSPS) is 18.2. The highest BCUT2D eigenvalue weighted by atomic mass is 32.2. The van der Waals surface area contributed by atoms with E-state index in [-0.39, 0.29) is 0 Å². The predicted molar refractivity (Wildman–Crippen MR) is 83.1 cm³/mol. The van der Waals surface area contributed by atoms with Crippen LogP contribution < -0.4 is 0 Å². The second-order valence-electron chi connectivity index (χ2n) is 5.38. The summed E-state index contributed by atoms with van der Waals surface area (Å²) in [5.41, 5.74) is 0.926. The van der Waals surface area contributed by atoms with Crippen LogP contribution in [0.15, 0.2) is 28.2 Å². The molecule has 1 aliphatic carbocycles. The van der Waals surface area contributed by atoms with Crippen LogP contribution in [0.25, 0.3) is 10.8 Å². The summed E-state index contributed by atoms with van der Waals surface area (Å²) in [6.07, 6.45) is 8.11. The van der Waals surface area contributed by atoms with E-state index in [0.717, 1.165) is 22.2 Å². The lowest BCUT2D eigenvalue weighted by molar-refractivity contribution is 0.388. The summed E-state index contributed by atoms with van der Waals surface area (Å²) in [4.78, 5) is 4.52. The fraction of sp³-hybridized carbons (Fsp3) is 0.533. The van der Waals surface area contributed by atoms with E-state index in [4.69, 9.17) is 4.42 Å². The van der Waals surface area contributed by atoms with Crippen molar-refractivity contribution in [3.05, 3.63) is 29.5 Å². The smallest absolute Gasteiger partial charge is 0.162 e. The Hall–Kier alpha value is -0.940. The summed E-state index contributed by atoms with van der Waals surface area (Å²) in [5, 5.41) is 2.87. The monoisotopic (exact) mass is 309 g/mol. The van der Waals surface area contributed by atoms with Crippen LogP contribution in [-0.2, 0) is 16.6 Å². The number of hydrogen-bond donors (Lipinski definition) is 0. The van der Waals surface area contributed by atoms with Crippen molar-refractivity contribution in [2.75, 3.05) is 5.75 Å². The molecule has 2 aromatic rings. The van der Waals surface area contributed by atoms with E-state index in [2.05, 4.69) is 4.98 Å². The maximum Gasteiger partial charge on any atom is 0.162 e. The molecule has 5 heteroatoms. The largest absolute Gasteiger partial charge is 0.462 e. The minimum Gasteiger partial charge on any atom is -0.462 e. The van der Waals surface area contributed by atoms with Crippen molar-refractivity contribution in [2.45, 2.75) is 37.9 Å². The van der Waals surface area contributed by atoms with Crippen LogP contribution in [0.3, 0.4) is 0 Å². The summed E-state index contributed by atoms with van der Waals surface area (Å²) >= 11 is 1.56. The fourth-order valence-electron chi connectivity index (χ4n) is 2.73. The van der Waals surface area contributed by atoms with E-state index in [1.165, 1.54) is 32.1 Å². The van der Waals surface area contributed by atoms with Gasteiger partial charge < -0.3 is 4.42 Å². The van der Waals surface area contributed by atoms with Crippen molar-refractivity contribution in [1.29, 1.82) is 0 Å². The van der Waals surface area contributed by atoms with Gasteiger partial charge in [0.15, 0.2) is 10.8 Å². The Kier molecular flexibility index (Phi) is 4.68. The third-order valence-corrected chi connectivity index (χ3v) is 6.11. The Morgan fingerprint density at radius 1 is 1.35 bits per heavy atom. The Labute approximate surface area is 125 Å². The molecule has 1 saturated carbocycles. The second kappa shape index (κ2) is 6.68. The van der Waals surface area contributed by atoms with Gasteiger partial charge in [0.05, 0.1) is 17.7 Å². The van der Waals surface area contributed by atoms with Crippen LogP contribution in [0.1, 0.15) is 37.8 Å². The molecule has 0 N–H and O–H groups in total. The predicted octanol–water partition coefficient (Wildman–Crippen LogP) is 4.23. The molecule has 0 bridgehead atoms. The minimum atomic E-state index is -0.788. The van der Waals surface area contributed by atoms with Crippen molar-refractivity contribution in [1.82, 2.24) is 4.98 Å². The van der Waals surface area contributed by atoms with Crippen LogP contribution in [0.2, 0.25) is 0 Å². The molecule has 0 unspecified atom stereocenters. The second-order valence-corrected chi connectivity index (χ2v) is 7.74. The first-order valence-electron chi connectivity index (χ1n) is 7.14. The number of thiazole rings is 1. The maximum atomic E-state index is 12.2. The first-order valence-corrected chi connectivity index (χ1v) is 9.51. The Morgan fingerprint density at radius 3 is 2.95 bits per heavy atom. The van der Waals surface area contributed by atoms with Crippen molar-refractivity contribution in [3.63, 3.8) is 0 Å². The van der Waals surface area contributed by atoms with Crippen LogP contribution >= 0.6 is 11.3 Å². The lowest BCUT2D eigenvalue weighted by atomic mass is 9.91. The SMILES string of the molecule is O=[S@@](Cc1csc(-c2ccco2)n1)CC1CCCCC1. The third kappa shape index (κ3) is 3.58. The lowest BCUT2D eigenvalue weighted by Crippen LogP contribution is -2.15. The molecular formula is C15H19NO2S2. The fourth-order valence-corrected chi connectivity index (χ4v) is 5.07. The first kappa shape index (κ1) is 14.0. The van der Waals surface area contributed by atoms with E-state index in [1.807, 2.05) is 17.5 Å². The van der Waals surface area contributed by atoms with E-state index in [9.17, 15) is 4.21 Å². The molecule has 0 aromatic carbocycles. The van der Waals surface area contributed by atoms with E-state index in [1.54, 1.807) is 17.6 Å².